The molecule has 0 unspecified atom stereocenters. The number of aromatic amines is 1. The van der Waals surface area contributed by atoms with Crippen LogP contribution in [0.5, 0.6) is 0 Å². The first-order chi connectivity index (χ1) is 11.4. The molecule has 0 saturated heterocycles. The molecule has 0 atom stereocenters. The summed E-state index contributed by atoms with van der Waals surface area (Å²) in [7, 11) is -3.74. The lowest BCUT2D eigenvalue weighted by Gasteiger charge is -2.04. The maximum absolute atomic E-state index is 12.4. The van der Waals surface area contributed by atoms with Gasteiger partial charge >= 0.3 is 0 Å². The van der Waals surface area contributed by atoms with Gasteiger partial charge in [0.2, 0.25) is 21.8 Å². The first kappa shape index (κ1) is 16.6. The first-order valence-corrected chi connectivity index (χ1v) is 8.83. The maximum atomic E-state index is 12.4. The molecule has 1 aromatic carbocycles. The Hall–Kier alpha value is -2.23. The van der Waals surface area contributed by atoms with Gasteiger partial charge in [-0.1, -0.05) is 23.7 Å². The number of halogens is 1. The van der Waals surface area contributed by atoms with Crippen molar-refractivity contribution in [1.29, 1.82) is 0 Å². The molecule has 0 bridgehead atoms. The zero-order valence-corrected chi connectivity index (χ0v) is 14.4. The molecule has 0 amide bonds. The summed E-state index contributed by atoms with van der Waals surface area (Å²) in [5.41, 5.74) is 1.44. The van der Waals surface area contributed by atoms with Crippen molar-refractivity contribution in [2.24, 2.45) is 0 Å². The van der Waals surface area contributed by atoms with Gasteiger partial charge in [-0.05, 0) is 26.0 Å². The quantitative estimate of drug-likeness (QED) is 0.714. The van der Waals surface area contributed by atoms with E-state index in [4.69, 9.17) is 16.0 Å². The lowest BCUT2D eigenvalue weighted by molar-refractivity contribution is 0.494. The second-order valence-corrected chi connectivity index (χ2v) is 7.18. The number of nitrogens with zero attached hydrogens (tertiary/aromatic N) is 3. The predicted octanol–water partition coefficient (Wildman–Crippen LogP) is 2.21. The number of aromatic nitrogens is 4. The molecule has 126 valence electrons. The number of hydrogen-bond acceptors (Lipinski definition) is 6. The van der Waals surface area contributed by atoms with Gasteiger partial charge in [0.1, 0.15) is 4.90 Å². The number of aryl methyl sites for hydroxylation is 2. The fraction of sp³-hybridized carbons (Fsp3) is 0.214. The Bertz CT molecular complexity index is 960. The van der Waals surface area contributed by atoms with Crippen LogP contribution in [0, 0.1) is 13.8 Å². The predicted molar refractivity (Wildman–Crippen MR) is 86.8 cm³/mol. The van der Waals surface area contributed by atoms with Gasteiger partial charge in [0.25, 0.3) is 0 Å². The van der Waals surface area contributed by atoms with Crippen molar-refractivity contribution < 1.29 is 12.8 Å². The molecule has 24 heavy (non-hydrogen) atoms. The van der Waals surface area contributed by atoms with Crippen molar-refractivity contribution in [2.45, 2.75) is 25.3 Å². The Kier molecular flexibility index (Phi) is 4.39. The normalized spacial score (nSPS) is 11.8. The summed E-state index contributed by atoms with van der Waals surface area (Å²) in [4.78, 5) is 0.119. The van der Waals surface area contributed by atoms with Crippen molar-refractivity contribution in [3.05, 3.63) is 46.6 Å². The molecule has 0 fully saturated rings. The van der Waals surface area contributed by atoms with E-state index >= 15 is 0 Å². The Morgan fingerprint density at radius 3 is 2.67 bits per heavy atom. The van der Waals surface area contributed by atoms with E-state index in [0.717, 1.165) is 0 Å². The minimum absolute atomic E-state index is 0.119. The van der Waals surface area contributed by atoms with E-state index < -0.39 is 10.0 Å². The van der Waals surface area contributed by atoms with Gasteiger partial charge in [-0.15, -0.1) is 10.2 Å². The fourth-order valence-electron chi connectivity index (χ4n) is 2.23. The van der Waals surface area contributed by atoms with Gasteiger partial charge in [0, 0.05) is 0 Å². The van der Waals surface area contributed by atoms with E-state index in [1.807, 2.05) is 0 Å². The lowest BCUT2D eigenvalue weighted by atomic mass is 10.2. The van der Waals surface area contributed by atoms with Crippen molar-refractivity contribution in [2.75, 3.05) is 0 Å². The molecule has 2 heterocycles. The van der Waals surface area contributed by atoms with E-state index in [0.29, 0.717) is 22.0 Å². The van der Waals surface area contributed by atoms with Gasteiger partial charge < -0.3 is 4.42 Å². The molecule has 8 nitrogen and oxygen atoms in total. The van der Waals surface area contributed by atoms with Gasteiger partial charge in [-0.25, -0.2) is 13.1 Å². The molecule has 0 aliphatic heterocycles. The molecular formula is C14H14ClN5O3S. The van der Waals surface area contributed by atoms with E-state index in [2.05, 4.69) is 25.1 Å². The highest BCUT2D eigenvalue weighted by Crippen LogP contribution is 2.26. The van der Waals surface area contributed by atoms with Crippen LogP contribution in [0.3, 0.4) is 0 Å². The summed E-state index contributed by atoms with van der Waals surface area (Å²) in [6.45, 7) is 3.11. The molecule has 0 aliphatic rings. The van der Waals surface area contributed by atoms with Crippen molar-refractivity contribution >= 4 is 21.6 Å². The maximum Gasteiger partial charge on any atom is 0.249 e. The highest BCUT2D eigenvalue weighted by Gasteiger charge is 2.23. The minimum atomic E-state index is -3.74. The number of hydrogen-bond donors (Lipinski definition) is 2. The minimum Gasteiger partial charge on any atom is -0.419 e. The van der Waals surface area contributed by atoms with E-state index in [1.54, 1.807) is 38.1 Å². The van der Waals surface area contributed by atoms with Crippen LogP contribution in [0.2, 0.25) is 5.02 Å². The van der Waals surface area contributed by atoms with E-state index in [9.17, 15) is 8.42 Å². The third-order valence-electron chi connectivity index (χ3n) is 3.31. The van der Waals surface area contributed by atoms with Crippen molar-refractivity contribution in [3.8, 4) is 11.5 Å². The SMILES string of the molecule is Cc1n[nH]c(C)c1S(=O)(=O)NCc1nnc(-c2ccccc2Cl)o1. The third kappa shape index (κ3) is 3.18. The molecule has 3 rings (SSSR count). The van der Waals surface area contributed by atoms with E-state index in [-0.39, 0.29) is 23.2 Å². The van der Waals surface area contributed by atoms with Crippen LogP contribution >= 0.6 is 11.6 Å². The number of rotatable bonds is 5. The summed E-state index contributed by atoms with van der Waals surface area (Å²) in [5.74, 6) is 0.359. The number of sulfonamides is 1. The lowest BCUT2D eigenvalue weighted by Crippen LogP contribution is -2.24. The largest absolute Gasteiger partial charge is 0.419 e. The summed E-state index contributed by atoms with van der Waals surface area (Å²) >= 11 is 6.07. The van der Waals surface area contributed by atoms with Crippen LogP contribution < -0.4 is 4.72 Å². The average molecular weight is 368 g/mol. The molecule has 0 spiro atoms. The second kappa shape index (κ2) is 6.34. The first-order valence-electron chi connectivity index (χ1n) is 6.97. The van der Waals surface area contributed by atoms with Crippen LogP contribution in [0.15, 0.2) is 33.6 Å². The Balaban J connectivity index is 1.78. The molecule has 0 aliphatic carbocycles. The average Bonchev–Trinajstić information content (AvgIpc) is 3.13. The molecule has 0 saturated carbocycles. The Morgan fingerprint density at radius 1 is 1.25 bits per heavy atom. The summed E-state index contributed by atoms with van der Waals surface area (Å²) in [6.07, 6.45) is 0. The van der Waals surface area contributed by atoms with Crippen LogP contribution in [0.25, 0.3) is 11.5 Å². The van der Waals surface area contributed by atoms with Crippen molar-refractivity contribution in [3.63, 3.8) is 0 Å². The molecular weight excluding hydrogens is 354 g/mol. The molecule has 2 N–H and O–H groups in total. The number of benzene rings is 1. The van der Waals surface area contributed by atoms with Crippen LogP contribution in [-0.4, -0.2) is 28.8 Å². The summed E-state index contributed by atoms with van der Waals surface area (Å²) in [5, 5.41) is 14.7. The summed E-state index contributed by atoms with van der Waals surface area (Å²) in [6, 6.07) is 7.01. The molecule has 2 aromatic heterocycles. The van der Waals surface area contributed by atoms with Gasteiger partial charge in [-0.2, -0.15) is 5.10 Å². The fourth-order valence-corrected chi connectivity index (χ4v) is 3.79. The standard InChI is InChI=1S/C14H14ClN5O3S/c1-8-13(9(2)18-17-8)24(21,22)16-7-12-19-20-14(23-12)10-5-3-4-6-11(10)15/h3-6,16H,7H2,1-2H3,(H,17,18). The van der Waals surface area contributed by atoms with Gasteiger partial charge in [-0.3, -0.25) is 5.10 Å². The van der Waals surface area contributed by atoms with Gasteiger partial charge in [0.15, 0.2) is 0 Å². The molecule has 10 heteroatoms. The summed E-state index contributed by atoms with van der Waals surface area (Å²) < 4.78 is 32.6. The molecule has 0 radical (unpaired) electrons. The number of H-pyrrole nitrogens is 1. The number of nitrogens with one attached hydrogen (secondary N) is 2. The highest BCUT2D eigenvalue weighted by atomic mass is 35.5. The van der Waals surface area contributed by atoms with Crippen LogP contribution in [0.1, 0.15) is 17.3 Å². The topological polar surface area (TPSA) is 114 Å². The van der Waals surface area contributed by atoms with Gasteiger partial charge in [0.05, 0.1) is 28.5 Å². The zero-order chi connectivity index (χ0) is 17.3. The highest BCUT2D eigenvalue weighted by molar-refractivity contribution is 7.89. The van der Waals surface area contributed by atoms with Crippen LogP contribution in [-0.2, 0) is 16.6 Å². The second-order valence-electron chi connectivity index (χ2n) is 5.07. The smallest absolute Gasteiger partial charge is 0.249 e. The monoisotopic (exact) mass is 367 g/mol. The van der Waals surface area contributed by atoms with Crippen LogP contribution in [0.4, 0.5) is 0 Å². The molecule has 3 aromatic rings. The Labute approximate surface area is 143 Å². The van der Waals surface area contributed by atoms with E-state index in [1.165, 1.54) is 0 Å². The Morgan fingerprint density at radius 2 is 2.00 bits per heavy atom. The van der Waals surface area contributed by atoms with Crippen molar-refractivity contribution in [1.82, 2.24) is 25.1 Å². The third-order valence-corrected chi connectivity index (χ3v) is 5.31. The zero-order valence-electron chi connectivity index (χ0n) is 12.9.